The maximum Gasteiger partial charge on any atom is 0.422 e. The van der Waals surface area contributed by atoms with Gasteiger partial charge in [-0.05, 0) is 12.1 Å². The van der Waals surface area contributed by atoms with Gasteiger partial charge in [0.1, 0.15) is 28.4 Å². The highest BCUT2D eigenvalue weighted by atomic mass is 19.4. The fourth-order valence-electron chi connectivity index (χ4n) is 2.29. The van der Waals surface area contributed by atoms with Gasteiger partial charge in [-0.3, -0.25) is 4.79 Å². The zero-order valence-corrected chi connectivity index (χ0v) is 13.1. The molecule has 0 unspecified atom stereocenters. The van der Waals surface area contributed by atoms with Gasteiger partial charge < -0.3 is 30.8 Å². The van der Waals surface area contributed by atoms with Crippen LogP contribution in [0.1, 0.15) is 20.7 Å². The zero-order valence-electron chi connectivity index (χ0n) is 13.1. The molecule has 12 heteroatoms. The van der Waals surface area contributed by atoms with Crippen molar-refractivity contribution in [1.29, 1.82) is 0 Å². The number of H-pyrrole nitrogens is 1. The summed E-state index contributed by atoms with van der Waals surface area (Å²) < 4.78 is 41.0. The first-order chi connectivity index (χ1) is 12.4. The van der Waals surface area contributed by atoms with Crippen LogP contribution in [0.2, 0.25) is 0 Å². The summed E-state index contributed by atoms with van der Waals surface area (Å²) in [6, 6.07) is 2.57. The first kappa shape index (κ1) is 19.6. The SMILES string of the molecule is Nc1[nH]c(=O)c(C(=O)O)c(-c2ccc(OCC(F)(F)F)cc2O)c1C(=O)O. The number of benzene rings is 1. The number of phenolic OH excluding ortho intramolecular Hbond substituents is 1. The van der Waals surface area contributed by atoms with Crippen molar-refractivity contribution < 1.29 is 42.8 Å². The number of carboxylic acids is 2. The van der Waals surface area contributed by atoms with Gasteiger partial charge in [-0.25, -0.2) is 9.59 Å². The average molecular weight is 388 g/mol. The van der Waals surface area contributed by atoms with Gasteiger partial charge in [0.05, 0.1) is 0 Å². The normalized spacial score (nSPS) is 11.2. The molecule has 0 aliphatic carbocycles. The molecular weight excluding hydrogens is 377 g/mol. The molecule has 0 atom stereocenters. The van der Waals surface area contributed by atoms with E-state index >= 15 is 0 Å². The molecule has 0 aliphatic rings. The van der Waals surface area contributed by atoms with Crippen molar-refractivity contribution >= 4 is 17.8 Å². The standard InChI is InChI=1S/C15H11F3N2O7/c16-15(17,18)4-27-5-1-2-6(7(21)3-5)8-9(13(23)24)11(19)20-12(22)10(8)14(25)26/h1-3,21H,4H2,(H,23,24)(H,25,26)(H3,19,20,22). The number of rotatable bonds is 5. The van der Waals surface area contributed by atoms with Gasteiger partial charge in [0, 0.05) is 17.2 Å². The summed E-state index contributed by atoms with van der Waals surface area (Å²) in [5.74, 6) is -5.39. The van der Waals surface area contributed by atoms with Crippen LogP contribution in [0, 0.1) is 0 Å². The Kier molecular flexibility index (Phi) is 5.01. The van der Waals surface area contributed by atoms with Crippen LogP contribution < -0.4 is 16.0 Å². The van der Waals surface area contributed by atoms with Crippen LogP contribution in [0.4, 0.5) is 19.0 Å². The Balaban J connectivity index is 2.69. The van der Waals surface area contributed by atoms with Crippen molar-refractivity contribution in [1.82, 2.24) is 4.98 Å². The van der Waals surface area contributed by atoms with Gasteiger partial charge >= 0.3 is 18.1 Å². The summed E-state index contributed by atoms with van der Waals surface area (Å²) in [6.45, 7) is -1.65. The molecule has 0 fully saturated rings. The minimum Gasteiger partial charge on any atom is -0.507 e. The molecule has 0 saturated carbocycles. The Hall–Kier alpha value is -3.70. The minimum absolute atomic E-state index is 0.417. The lowest BCUT2D eigenvalue weighted by atomic mass is 9.94. The molecule has 0 radical (unpaired) electrons. The number of aromatic carboxylic acids is 2. The van der Waals surface area contributed by atoms with Crippen molar-refractivity contribution in [3.05, 3.63) is 39.7 Å². The number of aromatic hydroxyl groups is 1. The molecule has 0 bridgehead atoms. The summed E-state index contributed by atoms with van der Waals surface area (Å²) in [4.78, 5) is 36.7. The molecule has 0 spiro atoms. The largest absolute Gasteiger partial charge is 0.507 e. The molecule has 2 rings (SSSR count). The van der Waals surface area contributed by atoms with Gasteiger partial charge in [0.2, 0.25) is 0 Å². The second kappa shape index (κ2) is 6.90. The Morgan fingerprint density at radius 2 is 1.74 bits per heavy atom. The van der Waals surface area contributed by atoms with Crippen molar-refractivity contribution in [3.63, 3.8) is 0 Å². The number of aromatic nitrogens is 1. The van der Waals surface area contributed by atoms with Crippen LogP contribution in [0.25, 0.3) is 11.1 Å². The van der Waals surface area contributed by atoms with Crippen LogP contribution in [0.5, 0.6) is 11.5 Å². The third kappa shape index (κ3) is 4.11. The van der Waals surface area contributed by atoms with Crippen molar-refractivity contribution in [2.45, 2.75) is 6.18 Å². The molecule has 2 aromatic rings. The number of hydrogen-bond donors (Lipinski definition) is 5. The number of hydrogen-bond acceptors (Lipinski definition) is 6. The number of pyridine rings is 1. The fraction of sp³-hybridized carbons (Fsp3) is 0.133. The summed E-state index contributed by atoms with van der Waals surface area (Å²) in [7, 11) is 0. The van der Waals surface area contributed by atoms with E-state index in [1.165, 1.54) is 0 Å². The monoisotopic (exact) mass is 388 g/mol. The number of carbonyl (C=O) groups is 2. The molecular formula is C15H11F3N2O7. The van der Waals surface area contributed by atoms with Gasteiger partial charge in [0.25, 0.3) is 5.56 Å². The third-order valence-corrected chi connectivity index (χ3v) is 3.31. The highest BCUT2D eigenvalue weighted by molar-refractivity contribution is 6.08. The Morgan fingerprint density at radius 3 is 2.22 bits per heavy atom. The van der Waals surface area contributed by atoms with Crippen LogP contribution in [-0.2, 0) is 0 Å². The summed E-state index contributed by atoms with van der Waals surface area (Å²) in [5, 5.41) is 28.6. The predicted molar refractivity (Wildman–Crippen MR) is 84.0 cm³/mol. The molecule has 6 N–H and O–H groups in total. The minimum atomic E-state index is -4.64. The molecule has 1 aromatic heterocycles. The summed E-state index contributed by atoms with van der Waals surface area (Å²) >= 11 is 0. The second-order valence-electron chi connectivity index (χ2n) is 5.19. The second-order valence-corrected chi connectivity index (χ2v) is 5.19. The highest BCUT2D eigenvalue weighted by Crippen LogP contribution is 2.37. The van der Waals surface area contributed by atoms with Gasteiger partial charge in [-0.2, -0.15) is 13.2 Å². The van der Waals surface area contributed by atoms with E-state index in [0.717, 1.165) is 18.2 Å². The van der Waals surface area contributed by atoms with Crippen molar-refractivity contribution in [2.24, 2.45) is 0 Å². The highest BCUT2D eigenvalue weighted by Gasteiger charge is 2.30. The summed E-state index contributed by atoms with van der Waals surface area (Å²) in [5.41, 5.74) is 1.27. The van der Waals surface area contributed by atoms with Crippen LogP contribution in [0.15, 0.2) is 23.0 Å². The molecule has 1 aromatic carbocycles. The van der Waals surface area contributed by atoms with E-state index in [-0.39, 0.29) is 0 Å². The van der Waals surface area contributed by atoms with E-state index in [0.29, 0.717) is 0 Å². The Labute approximate surface area is 147 Å². The van der Waals surface area contributed by atoms with E-state index in [1.807, 2.05) is 4.98 Å². The number of nitrogen functional groups attached to an aromatic ring is 1. The molecule has 1 heterocycles. The maximum absolute atomic E-state index is 12.2. The smallest absolute Gasteiger partial charge is 0.422 e. The number of anilines is 1. The topological polar surface area (TPSA) is 163 Å². The fourth-order valence-corrected chi connectivity index (χ4v) is 2.29. The number of halogens is 3. The lowest BCUT2D eigenvalue weighted by molar-refractivity contribution is -0.153. The van der Waals surface area contributed by atoms with Crippen molar-refractivity contribution in [3.8, 4) is 22.6 Å². The van der Waals surface area contributed by atoms with Gasteiger partial charge in [0.15, 0.2) is 6.61 Å². The first-order valence-electron chi connectivity index (χ1n) is 6.97. The molecule has 0 saturated heterocycles. The number of carboxylic acid groups (broad SMARTS) is 2. The first-order valence-corrected chi connectivity index (χ1v) is 6.97. The van der Waals surface area contributed by atoms with E-state index in [4.69, 9.17) is 5.73 Å². The Bertz CT molecular complexity index is 983. The molecule has 0 amide bonds. The van der Waals surface area contributed by atoms with Crippen molar-refractivity contribution in [2.75, 3.05) is 12.3 Å². The van der Waals surface area contributed by atoms with E-state index in [9.17, 15) is 42.9 Å². The molecule has 144 valence electrons. The number of alkyl halides is 3. The number of nitrogens with two attached hydrogens (primary N) is 1. The number of phenols is 1. The molecule has 0 aliphatic heterocycles. The summed E-state index contributed by atoms with van der Waals surface area (Å²) in [6.07, 6.45) is -4.64. The number of nitrogens with one attached hydrogen (secondary N) is 1. The number of aromatic amines is 1. The quantitative estimate of drug-likeness (QED) is 0.516. The molecule has 9 nitrogen and oxygen atoms in total. The molecule has 27 heavy (non-hydrogen) atoms. The van der Waals surface area contributed by atoms with Crippen LogP contribution in [-0.4, -0.2) is 45.0 Å². The van der Waals surface area contributed by atoms with E-state index in [2.05, 4.69) is 4.74 Å². The lowest BCUT2D eigenvalue weighted by Gasteiger charge is -2.15. The maximum atomic E-state index is 12.2. The average Bonchev–Trinajstić information content (AvgIpc) is 2.50. The van der Waals surface area contributed by atoms with Crippen LogP contribution >= 0.6 is 0 Å². The zero-order chi connectivity index (χ0) is 20.5. The predicted octanol–water partition coefficient (Wildman–Crippen LogP) is 1.67. The Morgan fingerprint density at radius 1 is 1.15 bits per heavy atom. The van der Waals surface area contributed by atoms with Gasteiger partial charge in [-0.15, -0.1) is 0 Å². The number of ether oxygens (including phenoxy) is 1. The third-order valence-electron chi connectivity index (χ3n) is 3.31. The van der Waals surface area contributed by atoms with Crippen LogP contribution in [0.3, 0.4) is 0 Å². The van der Waals surface area contributed by atoms with E-state index in [1.54, 1.807) is 0 Å². The van der Waals surface area contributed by atoms with Gasteiger partial charge in [-0.1, -0.05) is 0 Å². The van der Waals surface area contributed by atoms with E-state index < -0.39 is 69.9 Å². The lowest BCUT2D eigenvalue weighted by Crippen LogP contribution is -2.24.